The Morgan fingerprint density at radius 3 is 3.06 bits per heavy atom. The van der Waals surface area contributed by atoms with Gasteiger partial charge in [0, 0.05) is 26.7 Å². The summed E-state index contributed by atoms with van der Waals surface area (Å²) in [6.07, 6.45) is 7.17. The molecule has 0 aromatic carbocycles. The number of nitrogens with zero attached hydrogens (tertiary/aromatic N) is 3. The Labute approximate surface area is 109 Å². The molecule has 1 aliphatic rings. The second-order valence-corrected chi connectivity index (χ2v) is 4.87. The Morgan fingerprint density at radius 2 is 2.17 bits per heavy atom. The highest BCUT2D eigenvalue weighted by Crippen LogP contribution is 2.13. The normalized spacial score (nSPS) is 14.7. The first-order chi connectivity index (χ1) is 8.92. The van der Waals surface area contributed by atoms with Crippen LogP contribution in [0.5, 0.6) is 0 Å². The molecule has 18 heavy (non-hydrogen) atoms. The topological polar surface area (TPSA) is 52.0 Å². The van der Waals surface area contributed by atoms with Gasteiger partial charge in [-0.3, -0.25) is 0 Å². The predicted octanol–water partition coefficient (Wildman–Crippen LogP) is 1.52. The minimum absolute atomic E-state index is 0.845. The highest BCUT2D eigenvalue weighted by atomic mass is 16.5. The number of aromatic nitrogens is 3. The van der Waals surface area contributed by atoms with Gasteiger partial charge in [-0.25, -0.2) is 0 Å². The third-order valence-electron chi connectivity index (χ3n) is 3.42. The van der Waals surface area contributed by atoms with E-state index in [0.29, 0.717) is 0 Å². The van der Waals surface area contributed by atoms with Crippen molar-refractivity contribution in [2.75, 3.05) is 20.3 Å². The molecule has 0 amide bonds. The Kier molecular flexibility index (Phi) is 5.61. The molecule has 0 unspecified atom stereocenters. The number of hydrogen-bond acceptors (Lipinski definition) is 4. The summed E-state index contributed by atoms with van der Waals surface area (Å²) in [4.78, 5) is 0. The fourth-order valence-corrected chi connectivity index (χ4v) is 2.37. The van der Waals surface area contributed by atoms with Crippen LogP contribution in [-0.4, -0.2) is 35.0 Å². The number of methoxy groups -OCH3 is 1. The highest BCUT2D eigenvalue weighted by Gasteiger charge is 2.14. The van der Waals surface area contributed by atoms with E-state index in [1.54, 1.807) is 7.11 Å². The van der Waals surface area contributed by atoms with Gasteiger partial charge in [-0.15, -0.1) is 10.2 Å². The second-order valence-electron chi connectivity index (χ2n) is 4.87. The molecule has 0 atom stereocenters. The third-order valence-corrected chi connectivity index (χ3v) is 3.42. The van der Waals surface area contributed by atoms with Gasteiger partial charge in [-0.05, 0) is 38.6 Å². The molecule has 0 radical (unpaired) electrons. The summed E-state index contributed by atoms with van der Waals surface area (Å²) in [5.41, 5.74) is 0. The number of hydrogen-bond donors (Lipinski definition) is 1. The van der Waals surface area contributed by atoms with Crippen molar-refractivity contribution in [1.82, 2.24) is 20.1 Å². The van der Waals surface area contributed by atoms with Crippen molar-refractivity contribution in [3.8, 4) is 0 Å². The lowest BCUT2D eigenvalue weighted by Gasteiger charge is -2.14. The SMILES string of the molecule is COCCCCCNCc1nnc2n1CCCC2. The molecule has 0 fully saturated rings. The van der Waals surface area contributed by atoms with Crippen LogP contribution in [0.3, 0.4) is 0 Å². The van der Waals surface area contributed by atoms with E-state index in [0.717, 1.165) is 50.7 Å². The summed E-state index contributed by atoms with van der Waals surface area (Å²) in [5, 5.41) is 12.0. The monoisotopic (exact) mass is 252 g/mol. The lowest BCUT2D eigenvalue weighted by Crippen LogP contribution is -2.20. The van der Waals surface area contributed by atoms with E-state index in [1.165, 1.54) is 25.7 Å². The van der Waals surface area contributed by atoms with Gasteiger partial charge in [0.15, 0.2) is 0 Å². The first kappa shape index (κ1) is 13.5. The van der Waals surface area contributed by atoms with Crippen LogP contribution in [0, 0.1) is 0 Å². The highest BCUT2D eigenvalue weighted by molar-refractivity contribution is 4.98. The van der Waals surface area contributed by atoms with Gasteiger partial charge < -0.3 is 14.6 Å². The molecular weight excluding hydrogens is 228 g/mol. The maximum absolute atomic E-state index is 5.03. The van der Waals surface area contributed by atoms with Gasteiger partial charge in [0.2, 0.25) is 0 Å². The summed E-state index contributed by atoms with van der Waals surface area (Å²) < 4.78 is 7.31. The van der Waals surface area contributed by atoms with Crippen LogP contribution in [0.1, 0.15) is 43.8 Å². The van der Waals surface area contributed by atoms with Crippen molar-refractivity contribution in [1.29, 1.82) is 0 Å². The summed E-state index contributed by atoms with van der Waals surface area (Å²) in [5.74, 6) is 2.26. The van der Waals surface area contributed by atoms with Gasteiger partial charge in [-0.1, -0.05) is 0 Å². The van der Waals surface area contributed by atoms with Crippen LogP contribution in [-0.2, 0) is 24.2 Å². The van der Waals surface area contributed by atoms with E-state index < -0.39 is 0 Å². The lowest BCUT2D eigenvalue weighted by molar-refractivity contribution is 0.192. The lowest BCUT2D eigenvalue weighted by atomic mass is 10.2. The van der Waals surface area contributed by atoms with Gasteiger partial charge in [0.25, 0.3) is 0 Å². The Hall–Kier alpha value is -0.940. The Morgan fingerprint density at radius 1 is 1.22 bits per heavy atom. The Bertz CT molecular complexity index is 351. The molecule has 0 aliphatic carbocycles. The second kappa shape index (κ2) is 7.48. The Balaban J connectivity index is 1.63. The van der Waals surface area contributed by atoms with E-state index in [4.69, 9.17) is 4.74 Å². The minimum Gasteiger partial charge on any atom is -0.385 e. The molecule has 0 spiro atoms. The maximum Gasteiger partial charge on any atom is 0.147 e. The molecule has 2 rings (SSSR count). The standard InChI is InChI=1S/C13H24N4O/c1-18-10-6-2-4-8-14-11-13-16-15-12-7-3-5-9-17(12)13/h14H,2-11H2,1H3. The first-order valence-corrected chi connectivity index (χ1v) is 7.02. The molecule has 0 bridgehead atoms. The fraction of sp³-hybridized carbons (Fsp3) is 0.846. The fourth-order valence-electron chi connectivity index (χ4n) is 2.37. The van der Waals surface area contributed by atoms with Crippen LogP contribution in [0.15, 0.2) is 0 Å². The summed E-state index contributed by atoms with van der Waals surface area (Å²) >= 11 is 0. The van der Waals surface area contributed by atoms with E-state index in [9.17, 15) is 0 Å². The zero-order valence-electron chi connectivity index (χ0n) is 11.3. The van der Waals surface area contributed by atoms with E-state index >= 15 is 0 Å². The molecule has 5 nitrogen and oxygen atoms in total. The number of unbranched alkanes of at least 4 members (excludes halogenated alkanes) is 2. The van der Waals surface area contributed by atoms with Crippen LogP contribution in [0.25, 0.3) is 0 Å². The van der Waals surface area contributed by atoms with E-state index in [1.807, 2.05) is 0 Å². The summed E-state index contributed by atoms with van der Waals surface area (Å²) in [7, 11) is 1.76. The molecule has 1 N–H and O–H groups in total. The van der Waals surface area contributed by atoms with Gasteiger partial charge in [0.05, 0.1) is 6.54 Å². The van der Waals surface area contributed by atoms with Gasteiger partial charge >= 0.3 is 0 Å². The summed E-state index contributed by atoms with van der Waals surface area (Å²) in [6.45, 7) is 3.86. The predicted molar refractivity (Wildman–Crippen MR) is 70.4 cm³/mol. The van der Waals surface area contributed by atoms with Gasteiger partial charge in [0.1, 0.15) is 11.6 Å². The molecule has 0 saturated heterocycles. The molecule has 2 heterocycles. The third kappa shape index (κ3) is 3.78. The van der Waals surface area contributed by atoms with E-state index in [2.05, 4.69) is 20.1 Å². The molecule has 1 aromatic rings. The van der Waals surface area contributed by atoms with Crippen molar-refractivity contribution >= 4 is 0 Å². The smallest absolute Gasteiger partial charge is 0.147 e. The quantitative estimate of drug-likeness (QED) is 0.713. The number of fused-ring (bicyclic) bond motifs is 1. The molecule has 5 heteroatoms. The maximum atomic E-state index is 5.03. The van der Waals surface area contributed by atoms with Crippen LogP contribution >= 0.6 is 0 Å². The number of rotatable bonds is 8. The molecule has 1 aromatic heterocycles. The van der Waals surface area contributed by atoms with Crippen molar-refractivity contribution in [3.63, 3.8) is 0 Å². The largest absolute Gasteiger partial charge is 0.385 e. The van der Waals surface area contributed by atoms with Crippen LogP contribution < -0.4 is 5.32 Å². The van der Waals surface area contributed by atoms with Crippen molar-refractivity contribution in [3.05, 3.63) is 11.6 Å². The average molecular weight is 252 g/mol. The van der Waals surface area contributed by atoms with E-state index in [-0.39, 0.29) is 0 Å². The zero-order valence-corrected chi connectivity index (χ0v) is 11.3. The number of ether oxygens (including phenoxy) is 1. The molecule has 1 aliphatic heterocycles. The van der Waals surface area contributed by atoms with Crippen LogP contribution in [0.4, 0.5) is 0 Å². The number of nitrogens with one attached hydrogen (secondary N) is 1. The average Bonchev–Trinajstić information content (AvgIpc) is 2.81. The molecule has 0 saturated carbocycles. The van der Waals surface area contributed by atoms with Crippen molar-refractivity contribution < 1.29 is 4.74 Å². The van der Waals surface area contributed by atoms with Gasteiger partial charge in [-0.2, -0.15) is 0 Å². The zero-order chi connectivity index (χ0) is 12.6. The molecular formula is C13H24N4O. The van der Waals surface area contributed by atoms with Crippen molar-refractivity contribution in [2.45, 2.75) is 51.6 Å². The number of aryl methyl sites for hydroxylation is 1. The molecule has 102 valence electrons. The van der Waals surface area contributed by atoms with Crippen LogP contribution in [0.2, 0.25) is 0 Å². The van der Waals surface area contributed by atoms with Crippen molar-refractivity contribution in [2.24, 2.45) is 0 Å². The minimum atomic E-state index is 0.845. The summed E-state index contributed by atoms with van der Waals surface area (Å²) in [6, 6.07) is 0. The first-order valence-electron chi connectivity index (χ1n) is 7.02.